The number of halogens is 3. The largest absolute Gasteiger partial charge is 0.495 e. The normalized spacial score (nSPS) is 10.6. The molecule has 0 saturated carbocycles. The van der Waals surface area contributed by atoms with Crippen LogP contribution in [0.5, 0.6) is 5.75 Å². The Balaban J connectivity index is 3.31. The van der Waals surface area contributed by atoms with Gasteiger partial charge in [0.1, 0.15) is 5.75 Å². The van der Waals surface area contributed by atoms with Crippen molar-refractivity contribution in [1.82, 2.24) is 4.98 Å². The predicted molar refractivity (Wildman–Crippen MR) is 49.7 cm³/mol. The van der Waals surface area contributed by atoms with Crippen molar-refractivity contribution in [3.05, 3.63) is 17.5 Å². The topological polar surface area (TPSA) is 48.1 Å². The van der Waals surface area contributed by atoms with Crippen molar-refractivity contribution in [1.29, 1.82) is 0 Å². The van der Waals surface area contributed by atoms with Crippen LogP contribution < -0.4 is 10.5 Å². The van der Waals surface area contributed by atoms with Crippen LogP contribution in [0.4, 0.5) is 14.5 Å². The molecule has 14 heavy (non-hydrogen) atoms. The second kappa shape index (κ2) is 4.41. The Hall–Kier alpha value is -1.10. The lowest BCUT2D eigenvalue weighted by molar-refractivity contribution is 0.147. The molecule has 0 aliphatic heterocycles. The summed E-state index contributed by atoms with van der Waals surface area (Å²) < 4.78 is 29.8. The summed E-state index contributed by atoms with van der Waals surface area (Å²) in [5.41, 5.74) is 5.25. The van der Waals surface area contributed by atoms with Gasteiger partial charge in [0.15, 0.2) is 0 Å². The maximum atomic E-state index is 12.6. The van der Waals surface area contributed by atoms with E-state index in [9.17, 15) is 8.78 Å². The number of pyridine rings is 1. The number of anilines is 1. The number of ether oxygens (including phenoxy) is 1. The quantitative estimate of drug-likeness (QED) is 0.799. The van der Waals surface area contributed by atoms with Gasteiger partial charge in [0, 0.05) is 0 Å². The highest BCUT2D eigenvalue weighted by molar-refractivity contribution is 6.17. The first-order valence-electron chi connectivity index (χ1n) is 3.77. The lowest BCUT2D eigenvalue weighted by Gasteiger charge is -2.12. The molecule has 0 unspecified atom stereocenters. The van der Waals surface area contributed by atoms with Crippen molar-refractivity contribution in [2.24, 2.45) is 0 Å². The van der Waals surface area contributed by atoms with E-state index in [4.69, 9.17) is 22.1 Å². The second-order valence-corrected chi connectivity index (χ2v) is 2.80. The minimum absolute atomic E-state index is 0.00442. The molecule has 0 radical (unpaired) electrons. The standard InChI is InChI=1S/C8H9ClF2N2O/c1-14-5-3-13-4(2-9)7(12)6(5)8(10)11/h3,8H,2,12H2,1H3. The molecule has 1 rings (SSSR count). The van der Waals surface area contributed by atoms with Crippen molar-refractivity contribution in [2.75, 3.05) is 12.8 Å². The van der Waals surface area contributed by atoms with E-state index in [1.807, 2.05) is 0 Å². The van der Waals surface area contributed by atoms with Crippen molar-refractivity contribution in [2.45, 2.75) is 12.3 Å². The van der Waals surface area contributed by atoms with E-state index in [0.717, 1.165) is 0 Å². The molecule has 2 N–H and O–H groups in total. The first-order chi connectivity index (χ1) is 6.61. The zero-order chi connectivity index (χ0) is 10.7. The van der Waals surface area contributed by atoms with Crippen LogP contribution in [0.1, 0.15) is 17.7 Å². The van der Waals surface area contributed by atoms with Crippen LogP contribution in [-0.4, -0.2) is 12.1 Å². The van der Waals surface area contributed by atoms with Gasteiger partial charge >= 0.3 is 0 Å². The smallest absolute Gasteiger partial charge is 0.269 e. The van der Waals surface area contributed by atoms with E-state index in [1.165, 1.54) is 13.3 Å². The number of alkyl halides is 3. The van der Waals surface area contributed by atoms with E-state index in [2.05, 4.69) is 4.98 Å². The van der Waals surface area contributed by atoms with Crippen molar-refractivity contribution in [3.8, 4) is 5.75 Å². The molecule has 0 spiro atoms. The Morgan fingerprint density at radius 3 is 2.71 bits per heavy atom. The lowest BCUT2D eigenvalue weighted by Crippen LogP contribution is -2.04. The summed E-state index contributed by atoms with van der Waals surface area (Å²) in [5.74, 6) is -0.0263. The van der Waals surface area contributed by atoms with E-state index < -0.39 is 6.43 Å². The summed E-state index contributed by atoms with van der Waals surface area (Å²) in [6, 6.07) is 0. The molecule has 0 bridgehead atoms. The van der Waals surface area contributed by atoms with Gasteiger partial charge in [0.25, 0.3) is 6.43 Å². The SMILES string of the molecule is COc1cnc(CCl)c(N)c1C(F)F. The van der Waals surface area contributed by atoms with Gasteiger partial charge in [-0.1, -0.05) is 0 Å². The van der Waals surface area contributed by atoms with Gasteiger partial charge in [0.05, 0.1) is 36.1 Å². The number of hydrogen-bond donors (Lipinski definition) is 1. The molecule has 1 aromatic rings. The number of hydrogen-bond acceptors (Lipinski definition) is 3. The number of methoxy groups -OCH3 is 1. The van der Waals surface area contributed by atoms with Crippen LogP contribution in [0, 0.1) is 0 Å². The van der Waals surface area contributed by atoms with Crippen molar-refractivity contribution < 1.29 is 13.5 Å². The van der Waals surface area contributed by atoms with Crippen LogP contribution >= 0.6 is 11.6 Å². The fourth-order valence-corrected chi connectivity index (χ4v) is 1.27. The fourth-order valence-electron chi connectivity index (χ4n) is 1.06. The number of aromatic nitrogens is 1. The van der Waals surface area contributed by atoms with Crippen LogP contribution in [0.3, 0.4) is 0 Å². The molecule has 0 atom stereocenters. The highest BCUT2D eigenvalue weighted by atomic mass is 35.5. The van der Waals surface area contributed by atoms with Gasteiger partial charge in [-0.15, -0.1) is 11.6 Å². The molecule has 78 valence electrons. The highest BCUT2D eigenvalue weighted by Crippen LogP contribution is 2.35. The van der Waals surface area contributed by atoms with Crippen LogP contribution in [-0.2, 0) is 5.88 Å². The van der Waals surface area contributed by atoms with E-state index in [-0.39, 0.29) is 28.6 Å². The summed E-state index contributed by atoms with van der Waals surface area (Å²) in [6.07, 6.45) is -1.51. The van der Waals surface area contributed by atoms with E-state index in [0.29, 0.717) is 0 Å². The third-order valence-electron chi connectivity index (χ3n) is 1.77. The van der Waals surface area contributed by atoms with Gasteiger partial charge in [-0.2, -0.15) is 0 Å². The Morgan fingerprint density at radius 1 is 1.64 bits per heavy atom. The van der Waals surface area contributed by atoms with Crippen LogP contribution in [0.25, 0.3) is 0 Å². The molecule has 0 amide bonds. The first kappa shape index (κ1) is 11.0. The van der Waals surface area contributed by atoms with Crippen LogP contribution in [0.15, 0.2) is 6.20 Å². The van der Waals surface area contributed by atoms with Crippen LogP contribution in [0.2, 0.25) is 0 Å². The molecule has 3 nitrogen and oxygen atoms in total. The Kier molecular flexibility index (Phi) is 3.46. The van der Waals surface area contributed by atoms with E-state index in [1.54, 1.807) is 0 Å². The van der Waals surface area contributed by atoms with Gasteiger partial charge in [-0.05, 0) is 0 Å². The molecule has 0 aliphatic carbocycles. The minimum Gasteiger partial charge on any atom is -0.495 e. The Morgan fingerprint density at radius 2 is 2.29 bits per heavy atom. The summed E-state index contributed by atoms with van der Waals surface area (Å²) in [7, 11) is 1.28. The maximum Gasteiger partial charge on any atom is 0.269 e. The Bertz CT molecular complexity index is 333. The number of nitrogens with zero attached hydrogens (tertiary/aromatic N) is 1. The zero-order valence-electron chi connectivity index (χ0n) is 7.43. The summed E-state index contributed by atoms with van der Waals surface area (Å²) in [4.78, 5) is 3.80. The summed E-state index contributed by atoms with van der Waals surface area (Å²) >= 11 is 5.48. The third kappa shape index (κ3) is 1.87. The molecule has 0 aromatic carbocycles. The second-order valence-electron chi connectivity index (χ2n) is 2.53. The van der Waals surface area contributed by atoms with E-state index >= 15 is 0 Å². The first-order valence-corrected chi connectivity index (χ1v) is 4.30. The number of nitrogen functional groups attached to an aromatic ring is 1. The van der Waals surface area contributed by atoms with Crippen molar-refractivity contribution in [3.63, 3.8) is 0 Å². The van der Waals surface area contributed by atoms with Crippen molar-refractivity contribution >= 4 is 17.3 Å². The minimum atomic E-state index is -2.70. The monoisotopic (exact) mass is 222 g/mol. The highest BCUT2D eigenvalue weighted by Gasteiger charge is 2.20. The van der Waals surface area contributed by atoms with Gasteiger partial charge in [0.2, 0.25) is 0 Å². The molecular weight excluding hydrogens is 214 g/mol. The molecule has 0 fully saturated rings. The fraction of sp³-hybridized carbons (Fsp3) is 0.375. The van der Waals surface area contributed by atoms with Gasteiger partial charge < -0.3 is 10.5 Å². The number of rotatable bonds is 3. The molecule has 1 heterocycles. The zero-order valence-corrected chi connectivity index (χ0v) is 8.18. The Labute approximate surface area is 84.8 Å². The van der Waals surface area contributed by atoms with Gasteiger partial charge in [-0.3, -0.25) is 4.98 Å². The van der Waals surface area contributed by atoms with Gasteiger partial charge in [-0.25, -0.2) is 8.78 Å². The molecule has 0 saturated heterocycles. The summed E-state index contributed by atoms with van der Waals surface area (Å²) in [6.45, 7) is 0. The maximum absolute atomic E-state index is 12.6. The molecule has 6 heteroatoms. The third-order valence-corrected chi connectivity index (χ3v) is 2.02. The average molecular weight is 223 g/mol. The molecule has 1 aromatic heterocycles. The number of nitrogens with two attached hydrogens (primary N) is 1. The lowest BCUT2D eigenvalue weighted by atomic mass is 10.2. The summed E-state index contributed by atoms with van der Waals surface area (Å²) in [5, 5.41) is 0. The molecule has 0 aliphatic rings. The average Bonchev–Trinajstić information content (AvgIpc) is 2.16. The predicted octanol–water partition coefficient (Wildman–Crippen LogP) is 2.35. The molecular formula is C8H9ClF2N2O.